The minimum atomic E-state index is 0.468. The van der Waals surface area contributed by atoms with Crippen LogP contribution in [-0.4, -0.2) is 37.5 Å². The predicted octanol–water partition coefficient (Wildman–Crippen LogP) is 0.00440. The van der Waals surface area contributed by atoms with Gasteiger partial charge in [0.25, 0.3) is 0 Å². The summed E-state index contributed by atoms with van der Waals surface area (Å²) < 4.78 is 10.2. The van der Waals surface area contributed by atoms with Gasteiger partial charge in [-0.2, -0.15) is 4.99 Å². The van der Waals surface area contributed by atoms with Gasteiger partial charge in [-0.25, -0.2) is 4.99 Å². The third-order valence-corrected chi connectivity index (χ3v) is 2.07. The highest BCUT2D eigenvalue weighted by Crippen LogP contribution is 2.17. The molecule has 0 radical (unpaired) electrons. The van der Waals surface area contributed by atoms with Crippen LogP contribution in [0.3, 0.4) is 0 Å². The second-order valence-corrected chi connectivity index (χ2v) is 3.06. The van der Waals surface area contributed by atoms with Crippen LogP contribution >= 0.6 is 0 Å². The van der Waals surface area contributed by atoms with Crippen molar-refractivity contribution in [3.05, 3.63) is 23.9 Å². The lowest BCUT2D eigenvalue weighted by atomic mass is 10.3. The van der Waals surface area contributed by atoms with Gasteiger partial charge in [-0.1, -0.05) is 0 Å². The summed E-state index contributed by atoms with van der Waals surface area (Å²) in [6.07, 6.45) is 3.28. The highest BCUT2D eigenvalue weighted by molar-refractivity contribution is 6.02. The van der Waals surface area contributed by atoms with Crippen molar-refractivity contribution in [3.63, 3.8) is 0 Å². The Morgan fingerprint density at radius 2 is 2.20 bits per heavy atom. The molecule has 15 heavy (non-hydrogen) atoms. The predicted molar refractivity (Wildman–Crippen MR) is 55.9 cm³/mol. The number of aliphatic imine (C=N–C) groups is 2. The van der Waals surface area contributed by atoms with Crippen molar-refractivity contribution >= 4 is 11.9 Å². The fourth-order valence-corrected chi connectivity index (χ4v) is 1.36. The maximum Gasteiger partial charge on any atom is 0.235 e. The molecule has 0 spiro atoms. The molecule has 2 rings (SSSR count). The zero-order valence-electron chi connectivity index (χ0n) is 8.60. The van der Waals surface area contributed by atoms with E-state index in [2.05, 4.69) is 9.98 Å². The number of hydrogen-bond acceptors (Lipinski definition) is 6. The molecule has 0 aromatic heterocycles. The van der Waals surface area contributed by atoms with Gasteiger partial charge in [0.15, 0.2) is 0 Å². The van der Waals surface area contributed by atoms with E-state index in [1.807, 2.05) is 0 Å². The molecule has 0 aromatic carbocycles. The van der Waals surface area contributed by atoms with Crippen LogP contribution in [-0.2, 0) is 9.47 Å². The third kappa shape index (κ3) is 1.65. The topological polar surface area (TPSA) is 72.4 Å². The molecule has 0 fully saturated rings. The Kier molecular flexibility index (Phi) is 2.32. The summed E-state index contributed by atoms with van der Waals surface area (Å²) in [4.78, 5) is 10.0. The van der Waals surface area contributed by atoms with Gasteiger partial charge in [0.2, 0.25) is 17.7 Å². The van der Waals surface area contributed by atoms with Gasteiger partial charge in [-0.3, -0.25) is 4.90 Å². The molecule has 80 valence electrons. The van der Waals surface area contributed by atoms with E-state index in [1.165, 1.54) is 0 Å². The normalized spacial score (nSPS) is 19.5. The van der Waals surface area contributed by atoms with E-state index in [9.17, 15) is 0 Å². The molecular formula is C9H12N4O2. The van der Waals surface area contributed by atoms with Crippen LogP contribution in [0.2, 0.25) is 0 Å². The molecule has 2 heterocycles. The molecule has 0 bridgehead atoms. The lowest BCUT2D eigenvalue weighted by molar-refractivity contribution is 0.203. The van der Waals surface area contributed by atoms with E-state index in [4.69, 9.17) is 15.2 Å². The average molecular weight is 208 g/mol. The van der Waals surface area contributed by atoms with Gasteiger partial charge < -0.3 is 15.2 Å². The standard InChI is InChI=1S/C9H12N4O2/c1-14-7-3-8(15-2)13-5-6(10)4-11-9(13)12-7/h3-4H,5,10H2,1-2H3. The number of nitrogens with zero attached hydrogens (tertiary/aromatic N) is 3. The molecule has 6 nitrogen and oxygen atoms in total. The summed E-state index contributed by atoms with van der Waals surface area (Å²) in [6.45, 7) is 0.527. The highest BCUT2D eigenvalue weighted by Gasteiger charge is 2.25. The van der Waals surface area contributed by atoms with Crippen molar-refractivity contribution in [2.24, 2.45) is 15.7 Å². The van der Waals surface area contributed by atoms with Crippen LogP contribution in [0.4, 0.5) is 0 Å². The molecule has 0 aliphatic carbocycles. The van der Waals surface area contributed by atoms with Gasteiger partial charge >= 0.3 is 0 Å². The van der Waals surface area contributed by atoms with E-state index in [1.54, 1.807) is 31.4 Å². The maximum atomic E-state index is 5.68. The average Bonchev–Trinajstić information content (AvgIpc) is 2.27. The Morgan fingerprint density at radius 3 is 2.87 bits per heavy atom. The number of fused-ring (bicyclic) bond motifs is 1. The number of ether oxygens (including phenoxy) is 2. The first-order valence-corrected chi connectivity index (χ1v) is 4.43. The molecule has 0 atom stereocenters. The van der Waals surface area contributed by atoms with Crippen molar-refractivity contribution < 1.29 is 9.47 Å². The van der Waals surface area contributed by atoms with Crippen LogP contribution in [0, 0.1) is 0 Å². The van der Waals surface area contributed by atoms with E-state index in [0.29, 0.717) is 30.0 Å². The molecule has 0 aromatic rings. The van der Waals surface area contributed by atoms with Crippen molar-refractivity contribution in [1.82, 2.24) is 4.90 Å². The lowest BCUT2D eigenvalue weighted by Gasteiger charge is -2.29. The minimum absolute atomic E-state index is 0.468. The second-order valence-electron chi connectivity index (χ2n) is 3.06. The fourth-order valence-electron chi connectivity index (χ4n) is 1.36. The Labute approximate surface area is 87.4 Å². The van der Waals surface area contributed by atoms with E-state index < -0.39 is 0 Å². The monoisotopic (exact) mass is 208 g/mol. The quantitative estimate of drug-likeness (QED) is 0.658. The summed E-state index contributed by atoms with van der Waals surface area (Å²) in [5.41, 5.74) is 6.34. The summed E-state index contributed by atoms with van der Waals surface area (Å²) in [6, 6.07) is 0. The van der Waals surface area contributed by atoms with Crippen molar-refractivity contribution in [3.8, 4) is 0 Å². The number of nitrogens with two attached hydrogens (primary N) is 1. The van der Waals surface area contributed by atoms with Crippen molar-refractivity contribution in [2.75, 3.05) is 20.8 Å². The van der Waals surface area contributed by atoms with E-state index in [-0.39, 0.29) is 0 Å². The largest absolute Gasteiger partial charge is 0.482 e. The van der Waals surface area contributed by atoms with Gasteiger partial charge in [0.1, 0.15) is 0 Å². The molecular weight excluding hydrogens is 196 g/mol. The molecule has 0 unspecified atom stereocenters. The molecule has 6 heteroatoms. The van der Waals surface area contributed by atoms with E-state index >= 15 is 0 Å². The van der Waals surface area contributed by atoms with Gasteiger partial charge in [0.05, 0.1) is 33.0 Å². The maximum absolute atomic E-state index is 5.68. The van der Waals surface area contributed by atoms with Crippen LogP contribution in [0.1, 0.15) is 0 Å². The number of guanidine groups is 1. The minimum Gasteiger partial charge on any atom is -0.482 e. The summed E-state index contributed by atoms with van der Waals surface area (Å²) >= 11 is 0. The SMILES string of the molecule is COC1=CC(OC)=NC2=NC=C(N)CN12. The van der Waals surface area contributed by atoms with Crippen molar-refractivity contribution in [1.29, 1.82) is 0 Å². The van der Waals surface area contributed by atoms with Crippen LogP contribution in [0.25, 0.3) is 0 Å². The van der Waals surface area contributed by atoms with Crippen molar-refractivity contribution in [2.45, 2.75) is 0 Å². The fraction of sp³-hybridized carbons (Fsp3) is 0.333. The highest BCUT2D eigenvalue weighted by atomic mass is 16.5. The first-order chi connectivity index (χ1) is 7.24. The molecule has 0 saturated heterocycles. The second kappa shape index (κ2) is 3.64. The Balaban J connectivity index is 2.37. The first kappa shape index (κ1) is 9.57. The van der Waals surface area contributed by atoms with Gasteiger partial charge in [0, 0.05) is 5.70 Å². The molecule has 0 saturated carbocycles. The summed E-state index contributed by atoms with van der Waals surface area (Å²) in [7, 11) is 3.13. The zero-order valence-corrected chi connectivity index (χ0v) is 8.60. The Bertz CT molecular complexity index is 395. The van der Waals surface area contributed by atoms with E-state index in [0.717, 1.165) is 0 Å². The smallest absolute Gasteiger partial charge is 0.235 e. The van der Waals surface area contributed by atoms with Gasteiger partial charge in [-0.15, -0.1) is 0 Å². The Morgan fingerprint density at radius 1 is 1.40 bits per heavy atom. The summed E-state index contributed by atoms with van der Waals surface area (Å²) in [5.74, 6) is 1.62. The number of methoxy groups -OCH3 is 2. The lowest BCUT2D eigenvalue weighted by Crippen LogP contribution is -2.38. The Hall–Kier alpha value is -1.98. The molecule has 2 N–H and O–H groups in total. The first-order valence-electron chi connectivity index (χ1n) is 4.43. The third-order valence-electron chi connectivity index (χ3n) is 2.07. The van der Waals surface area contributed by atoms with Gasteiger partial charge in [-0.05, 0) is 0 Å². The summed E-state index contributed by atoms with van der Waals surface area (Å²) in [5, 5.41) is 0. The van der Waals surface area contributed by atoms with Crippen LogP contribution in [0.5, 0.6) is 0 Å². The van der Waals surface area contributed by atoms with Crippen LogP contribution in [0.15, 0.2) is 33.8 Å². The van der Waals surface area contributed by atoms with Crippen LogP contribution < -0.4 is 5.73 Å². The molecule has 2 aliphatic heterocycles. The number of rotatable bonds is 1. The number of hydrogen-bond donors (Lipinski definition) is 1. The molecule has 2 aliphatic rings. The zero-order chi connectivity index (χ0) is 10.8. The molecule has 0 amide bonds.